The van der Waals surface area contributed by atoms with Crippen molar-refractivity contribution in [2.24, 2.45) is 0 Å². The minimum absolute atomic E-state index is 0.274. The lowest BCUT2D eigenvalue weighted by Crippen LogP contribution is -2.21. The van der Waals surface area contributed by atoms with Gasteiger partial charge in [0.2, 0.25) is 0 Å². The fourth-order valence-electron chi connectivity index (χ4n) is 2.71. The lowest BCUT2D eigenvalue weighted by Gasteiger charge is -2.12. The van der Waals surface area contributed by atoms with Gasteiger partial charge in [-0.1, -0.05) is 71.1 Å². The second kappa shape index (κ2) is 10.3. The highest BCUT2D eigenvalue weighted by Gasteiger charge is 2.17. The van der Waals surface area contributed by atoms with Crippen LogP contribution in [-0.2, 0) is 11.3 Å². The van der Waals surface area contributed by atoms with E-state index >= 15 is 0 Å². The van der Waals surface area contributed by atoms with Crippen LogP contribution in [0.25, 0.3) is 10.9 Å². The number of hydrogen-bond donors (Lipinski definition) is 0. The van der Waals surface area contributed by atoms with Crippen LogP contribution in [0.5, 0.6) is 0 Å². The molecule has 26 heavy (non-hydrogen) atoms. The second-order valence-electron chi connectivity index (χ2n) is 6.10. The Labute approximate surface area is 168 Å². The van der Waals surface area contributed by atoms with Crippen LogP contribution >= 0.6 is 22.6 Å². The number of benzene rings is 2. The number of halogens is 1. The molecule has 138 valence electrons. The zero-order chi connectivity index (χ0) is 18.9. The highest BCUT2D eigenvalue weighted by atomic mass is 127. The van der Waals surface area contributed by atoms with E-state index in [0.29, 0.717) is 25.4 Å². The van der Waals surface area contributed by atoms with Gasteiger partial charge in [-0.25, -0.2) is 4.79 Å². The zero-order valence-electron chi connectivity index (χ0n) is 15.5. The summed E-state index contributed by atoms with van der Waals surface area (Å²) in [5, 5.41) is 1.05. The van der Waals surface area contributed by atoms with Crippen molar-refractivity contribution in [3.8, 4) is 0 Å². The van der Waals surface area contributed by atoms with E-state index in [2.05, 4.69) is 34.7 Å². The highest BCUT2D eigenvalue weighted by Crippen LogP contribution is 2.22. The first-order chi connectivity index (χ1) is 12.6. The van der Waals surface area contributed by atoms with Gasteiger partial charge in [-0.2, -0.15) is 0 Å². The molecule has 0 aliphatic carbocycles. The van der Waals surface area contributed by atoms with Crippen LogP contribution in [0.4, 0.5) is 0 Å². The van der Waals surface area contributed by atoms with Gasteiger partial charge in [0.25, 0.3) is 0 Å². The maximum Gasteiger partial charge on any atom is 0.355 e. The Balaban J connectivity index is 0.00000117. The molecule has 0 aliphatic heterocycles. The van der Waals surface area contributed by atoms with Crippen molar-refractivity contribution in [1.29, 1.82) is 0 Å². The third-order valence-corrected chi connectivity index (χ3v) is 3.97. The molecule has 0 saturated carbocycles. The van der Waals surface area contributed by atoms with Crippen molar-refractivity contribution < 1.29 is 9.53 Å². The number of fused-ring (bicyclic) bond motifs is 1. The quantitative estimate of drug-likeness (QED) is 0.307. The van der Waals surface area contributed by atoms with Gasteiger partial charge in [-0.3, -0.25) is 0 Å². The van der Waals surface area contributed by atoms with Crippen LogP contribution in [-0.4, -0.2) is 47.6 Å². The Morgan fingerprint density at radius 3 is 2.38 bits per heavy atom. The molecule has 1 heterocycles. The molecule has 3 rings (SSSR count). The van der Waals surface area contributed by atoms with Gasteiger partial charge >= 0.3 is 5.97 Å². The maximum atomic E-state index is 12.5. The van der Waals surface area contributed by atoms with Crippen LogP contribution in [0, 0.1) is 0 Å². The molecule has 0 atom stereocenters. The summed E-state index contributed by atoms with van der Waals surface area (Å²) in [5.74, 6) is -0.274. The van der Waals surface area contributed by atoms with Gasteiger partial charge in [0.05, 0.1) is 0 Å². The summed E-state index contributed by atoms with van der Waals surface area (Å²) in [6.45, 7) is 1.75. The van der Waals surface area contributed by atoms with Gasteiger partial charge < -0.3 is 14.2 Å². The minimum atomic E-state index is -0.274. The third kappa shape index (κ3) is 5.32. The number of nitrogens with zero attached hydrogens (tertiary/aromatic N) is 2. The van der Waals surface area contributed by atoms with E-state index in [-0.39, 0.29) is 5.97 Å². The Bertz CT molecular complexity index is 828. The summed E-state index contributed by atoms with van der Waals surface area (Å²) in [4.78, 5) is 16.5. The summed E-state index contributed by atoms with van der Waals surface area (Å²) < 4.78 is 7.48. The molecule has 0 N–H and O–H groups in total. The standard InChI is InChI=1S/C20H22N2O2.CH3I/c1-21(2)12-13-24-20(23)19-14-17-10-6-7-11-18(17)22(19)15-16-8-4-3-5-9-16;1-2/h3-11,14H,12-13,15H2,1-2H3;1H3. The van der Waals surface area contributed by atoms with Crippen LogP contribution in [0.2, 0.25) is 0 Å². The maximum absolute atomic E-state index is 12.5. The van der Waals surface area contributed by atoms with E-state index in [1.54, 1.807) is 0 Å². The van der Waals surface area contributed by atoms with Crippen molar-refractivity contribution in [2.75, 3.05) is 32.2 Å². The Morgan fingerprint density at radius 2 is 1.69 bits per heavy atom. The molecule has 0 saturated heterocycles. The van der Waals surface area contributed by atoms with Crippen LogP contribution < -0.4 is 0 Å². The molecular formula is C21H25IN2O2. The molecule has 0 amide bonds. The fourth-order valence-corrected chi connectivity index (χ4v) is 2.71. The molecule has 0 bridgehead atoms. The number of hydrogen-bond acceptors (Lipinski definition) is 3. The average molecular weight is 464 g/mol. The summed E-state index contributed by atoms with van der Waals surface area (Å²) >= 11 is 2.15. The van der Waals surface area contributed by atoms with Crippen LogP contribution in [0.15, 0.2) is 60.7 Å². The number of likely N-dealkylation sites (N-methyl/N-ethyl adjacent to an activating group) is 1. The summed E-state index contributed by atoms with van der Waals surface area (Å²) in [7, 11) is 3.92. The summed E-state index contributed by atoms with van der Waals surface area (Å²) in [5.41, 5.74) is 2.79. The van der Waals surface area contributed by atoms with E-state index < -0.39 is 0 Å². The number of rotatable bonds is 6. The molecule has 0 spiro atoms. The molecule has 1 aromatic heterocycles. The van der Waals surface area contributed by atoms with E-state index in [1.165, 1.54) is 0 Å². The molecular weight excluding hydrogens is 439 g/mol. The first-order valence-electron chi connectivity index (χ1n) is 8.47. The minimum Gasteiger partial charge on any atom is -0.460 e. The van der Waals surface area contributed by atoms with E-state index in [4.69, 9.17) is 4.74 Å². The topological polar surface area (TPSA) is 34.5 Å². The normalized spacial score (nSPS) is 10.5. The number of para-hydroxylation sites is 1. The Kier molecular flexibility index (Phi) is 8.12. The molecule has 3 aromatic rings. The lowest BCUT2D eigenvalue weighted by molar-refractivity contribution is 0.0470. The Hall–Kier alpha value is -1.86. The smallest absolute Gasteiger partial charge is 0.355 e. The van der Waals surface area contributed by atoms with Crippen LogP contribution in [0.1, 0.15) is 16.1 Å². The Morgan fingerprint density at radius 1 is 1.04 bits per heavy atom. The van der Waals surface area contributed by atoms with Crippen molar-refractivity contribution in [2.45, 2.75) is 6.54 Å². The number of carbonyl (C=O) groups excluding carboxylic acids is 1. The molecule has 0 fully saturated rings. The number of carbonyl (C=O) groups is 1. The lowest BCUT2D eigenvalue weighted by atomic mass is 10.2. The summed E-state index contributed by atoms with van der Waals surface area (Å²) in [6, 6.07) is 20.1. The molecule has 2 aromatic carbocycles. The van der Waals surface area contributed by atoms with E-state index in [0.717, 1.165) is 16.5 Å². The monoisotopic (exact) mass is 464 g/mol. The van der Waals surface area contributed by atoms with E-state index in [1.807, 2.05) is 77.0 Å². The zero-order valence-corrected chi connectivity index (χ0v) is 17.6. The largest absolute Gasteiger partial charge is 0.460 e. The van der Waals surface area contributed by atoms with Crippen molar-refractivity contribution in [3.63, 3.8) is 0 Å². The number of ether oxygens (including phenoxy) is 1. The van der Waals surface area contributed by atoms with Gasteiger partial charge in [-0.05, 0) is 36.7 Å². The SMILES string of the molecule is CI.CN(C)CCOC(=O)c1cc2ccccc2n1Cc1ccccc1. The average Bonchev–Trinajstić information content (AvgIpc) is 3.03. The highest BCUT2D eigenvalue weighted by molar-refractivity contribution is 14.1. The molecule has 4 nitrogen and oxygen atoms in total. The van der Waals surface area contributed by atoms with Gasteiger partial charge in [0.1, 0.15) is 12.3 Å². The van der Waals surface area contributed by atoms with Crippen LogP contribution in [0.3, 0.4) is 0 Å². The number of aromatic nitrogens is 1. The third-order valence-electron chi connectivity index (χ3n) is 3.97. The van der Waals surface area contributed by atoms with Crippen molar-refractivity contribution in [3.05, 3.63) is 71.9 Å². The van der Waals surface area contributed by atoms with Gasteiger partial charge in [0, 0.05) is 24.0 Å². The summed E-state index contributed by atoms with van der Waals surface area (Å²) in [6.07, 6.45) is 0. The molecule has 0 unspecified atom stereocenters. The molecule has 0 radical (unpaired) electrons. The molecule has 0 aliphatic rings. The van der Waals surface area contributed by atoms with Gasteiger partial charge in [0.15, 0.2) is 0 Å². The van der Waals surface area contributed by atoms with Crippen molar-refractivity contribution in [1.82, 2.24) is 9.47 Å². The first kappa shape index (κ1) is 20.5. The van der Waals surface area contributed by atoms with E-state index in [9.17, 15) is 4.79 Å². The number of alkyl halides is 1. The molecule has 5 heteroatoms. The number of esters is 1. The second-order valence-corrected chi connectivity index (χ2v) is 6.10. The predicted octanol–water partition coefficient (Wildman–Crippen LogP) is 4.46. The predicted molar refractivity (Wildman–Crippen MR) is 116 cm³/mol. The fraction of sp³-hybridized carbons (Fsp3) is 0.286. The first-order valence-corrected chi connectivity index (χ1v) is 10.6. The van der Waals surface area contributed by atoms with Crippen molar-refractivity contribution >= 4 is 39.5 Å². The van der Waals surface area contributed by atoms with Gasteiger partial charge in [-0.15, -0.1) is 0 Å².